The van der Waals surface area contributed by atoms with Gasteiger partial charge >= 0.3 is 5.97 Å². The molecule has 0 amide bonds. The Bertz CT molecular complexity index is 364. The predicted molar refractivity (Wildman–Crippen MR) is 56.5 cm³/mol. The molecule has 0 radical (unpaired) electrons. The molecular weight excluding hydrogens is 196 g/mol. The minimum Gasteiger partial charge on any atom is -0.480 e. The first-order valence-electron chi connectivity index (χ1n) is 4.40. The van der Waals surface area contributed by atoms with Crippen molar-refractivity contribution in [3.63, 3.8) is 0 Å². The average molecular weight is 210 g/mol. The number of carbonyl (C=O) groups is 1. The maximum atomic E-state index is 11.3. The molecule has 0 atom stereocenters. The van der Waals surface area contributed by atoms with E-state index in [-0.39, 0.29) is 5.88 Å². The second-order valence-electron chi connectivity index (χ2n) is 3.11. The minimum absolute atomic E-state index is 0.271. The predicted octanol–water partition coefficient (Wildman–Crippen LogP) is 0.943. The Morgan fingerprint density at radius 3 is 2.47 bits per heavy atom. The normalized spacial score (nSPS) is 9.60. The van der Waals surface area contributed by atoms with E-state index >= 15 is 0 Å². The Balaban J connectivity index is 3.15. The summed E-state index contributed by atoms with van der Waals surface area (Å²) < 4.78 is 9.63. The van der Waals surface area contributed by atoms with Crippen molar-refractivity contribution in [2.75, 3.05) is 33.2 Å². The van der Waals surface area contributed by atoms with Gasteiger partial charge in [0.05, 0.1) is 14.2 Å². The van der Waals surface area contributed by atoms with Gasteiger partial charge in [-0.3, -0.25) is 0 Å². The van der Waals surface area contributed by atoms with E-state index in [0.29, 0.717) is 5.56 Å². The fourth-order valence-electron chi connectivity index (χ4n) is 1.10. The zero-order valence-electron chi connectivity index (χ0n) is 9.27. The number of aromatic nitrogens is 1. The lowest BCUT2D eigenvalue weighted by Crippen LogP contribution is -2.13. The summed E-state index contributed by atoms with van der Waals surface area (Å²) in [4.78, 5) is 17.3. The molecule has 1 aromatic heterocycles. The number of rotatable bonds is 3. The van der Waals surface area contributed by atoms with Gasteiger partial charge in [-0.25, -0.2) is 4.79 Å². The lowest BCUT2D eigenvalue weighted by Gasteiger charge is -2.13. The van der Waals surface area contributed by atoms with Gasteiger partial charge in [0.1, 0.15) is 11.4 Å². The van der Waals surface area contributed by atoms with Crippen LogP contribution in [0.5, 0.6) is 5.88 Å². The Kier molecular flexibility index (Phi) is 3.49. The smallest absolute Gasteiger partial charge is 0.343 e. The fraction of sp³-hybridized carbons (Fsp3) is 0.400. The van der Waals surface area contributed by atoms with Gasteiger partial charge < -0.3 is 14.4 Å². The van der Waals surface area contributed by atoms with E-state index in [2.05, 4.69) is 9.72 Å². The molecule has 82 valence electrons. The van der Waals surface area contributed by atoms with E-state index < -0.39 is 5.97 Å². The molecule has 0 fully saturated rings. The van der Waals surface area contributed by atoms with Gasteiger partial charge in [0.2, 0.25) is 5.88 Å². The van der Waals surface area contributed by atoms with Crippen molar-refractivity contribution < 1.29 is 14.3 Å². The van der Waals surface area contributed by atoms with Crippen LogP contribution < -0.4 is 9.64 Å². The number of ether oxygens (including phenoxy) is 2. The molecule has 0 aliphatic heterocycles. The first-order valence-corrected chi connectivity index (χ1v) is 4.40. The Morgan fingerprint density at radius 2 is 2.00 bits per heavy atom. The van der Waals surface area contributed by atoms with Crippen LogP contribution in [-0.2, 0) is 4.74 Å². The first-order chi connectivity index (χ1) is 7.10. The molecule has 0 saturated heterocycles. The van der Waals surface area contributed by atoms with E-state index in [9.17, 15) is 4.79 Å². The monoisotopic (exact) mass is 210 g/mol. The number of hydrogen-bond donors (Lipinski definition) is 0. The summed E-state index contributed by atoms with van der Waals surface area (Å²) in [6.45, 7) is 0. The quantitative estimate of drug-likeness (QED) is 0.695. The zero-order valence-corrected chi connectivity index (χ0v) is 9.27. The van der Waals surface area contributed by atoms with Crippen molar-refractivity contribution in [1.82, 2.24) is 4.98 Å². The van der Waals surface area contributed by atoms with Crippen LogP contribution in [0, 0.1) is 0 Å². The SMILES string of the molecule is COC(=O)c1ccc(N(C)C)nc1OC. The summed E-state index contributed by atoms with van der Waals surface area (Å²) in [5.74, 6) is 0.539. The van der Waals surface area contributed by atoms with Gasteiger partial charge in [0.25, 0.3) is 0 Å². The van der Waals surface area contributed by atoms with Crippen molar-refractivity contribution in [2.45, 2.75) is 0 Å². The molecule has 0 bridgehead atoms. The van der Waals surface area contributed by atoms with Crippen LogP contribution in [0.25, 0.3) is 0 Å². The number of nitrogens with zero attached hydrogens (tertiary/aromatic N) is 2. The van der Waals surface area contributed by atoms with Crippen LogP contribution in [0.1, 0.15) is 10.4 Å². The summed E-state index contributed by atoms with van der Waals surface area (Å²) in [7, 11) is 6.51. The molecule has 5 heteroatoms. The van der Waals surface area contributed by atoms with Crippen molar-refractivity contribution in [3.05, 3.63) is 17.7 Å². The fourth-order valence-corrected chi connectivity index (χ4v) is 1.10. The molecule has 1 rings (SSSR count). The summed E-state index contributed by atoms with van der Waals surface area (Å²) >= 11 is 0. The van der Waals surface area contributed by atoms with Crippen molar-refractivity contribution in [3.8, 4) is 5.88 Å². The number of anilines is 1. The second kappa shape index (κ2) is 4.63. The molecule has 0 aliphatic carbocycles. The van der Waals surface area contributed by atoms with Gasteiger partial charge in [-0.15, -0.1) is 0 Å². The molecule has 0 N–H and O–H groups in total. The van der Waals surface area contributed by atoms with E-state index in [0.717, 1.165) is 5.82 Å². The third-order valence-corrected chi connectivity index (χ3v) is 1.90. The number of esters is 1. The molecular formula is C10H14N2O3. The van der Waals surface area contributed by atoms with Gasteiger partial charge in [0, 0.05) is 14.1 Å². The third kappa shape index (κ3) is 2.37. The summed E-state index contributed by atoms with van der Waals surface area (Å²) in [6.07, 6.45) is 0. The lowest BCUT2D eigenvalue weighted by molar-refractivity contribution is 0.0596. The van der Waals surface area contributed by atoms with Gasteiger partial charge in [0.15, 0.2) is 0 Å². The largest absolute Gasteiger partial charge is 0.480 e. The highest BCUT2D eigenvalue weighted by molar-refractivity contribution is 5.92. The van der Waals surface area contributed by atoms with Gasteiger partial charge in [-0.1, -0.05) is 0 Å². The Hall–Kier alpha value is -1.78. The molecule has 15 heavy (non-hydrogen) atoms. The highest BCUT2D eigenvalue weighted by Gasteiger charge is 2.14. The highest BCUT2D eigenvalue weighted by Crippen LogP contribution is 2.20. The van der Waals surface area contributed by atoms with Gasteiger partial charge in [-0.05, 0) is 12.1 Å². The average Bonchev–Trinajstić information content (AvgIpc) is 2.27. The maximum absolute atomic E-state index is 11.3. The molecule has 5 nitrogen and oxygen atoms in total. The maximum Gasteiger partial charge on any atom is 0.343 e. The van der Waals surface area contributed by atoms with Crippen LogP contribution in [0.4, 0.5) is 5.82 Å². The topological polar surface area (TPSA) is 51.7 Å². The van der Waals surface area contributed by atoms with Gasteiger partial charge in [-0.2, -0.15) is 4.98 Å². The Labute approximate surface area is 88.6 Å². The third-order valence-electron chi connectivity index (χ3n) is 1.90. The molecule has 0 unspecified atom stereocenters. The summed E-state index contributed by atoms with van der Waals surface area (Å²) in [6, 6.07) is 3.36. The van der Waals surface area contributed by atoms with Crippen molar-refractivity contribution in [2.24, 2.45) is 0 Å². The van der Waals surface area contributed by atoms with E-state index in [4.69, 9.17) is 4.74 Å². The minimum atomic E-state index is -0.454. The number of hydrogen-bond acceptors (Lipinski definition) is 5. The van der Waals surface area contributed by atoms with Crippen LogP contribution >= 0.6 is 0 Å². The zero-order chi connectivity index (χ0) is 11.4. The Morgan fingerprint density at radius 1 is 1.33 bits per heavy atom. The van der Waals surface area contributed by atoms with E-state index in [1.165, 1.54) is 14.2 Å². The van der Waals surface area contributed by atoms with Crippen LogP contribution in [-0.4, -0.2) is 39.3 Å². The first kappa shape index (κ1) is 11.3. The summed E-state index contributed by atoms with van der Waals surface area (Å²) in [5.41, 5.74) is 0.325. The molecule has 1 heterocycles. The van der Waals surface area contributed by atoms with E-state index in [1.807, 2.05) is 19.0 Å². The van der Waals surface area contributed by atoms with Crippen molar-refractivity contribution >= 4 is 11.8 Å². The second-order valence-corrected chi connectivity index (χ2v) is 3.11. The van der Waals surface area contributed by atoms with Crippen molar-refractivity contribution in [1.29, 1.82) is 0 Å². The molecule has 0 aliphatic rings. The molecule has 0 aromatic carbocycles. The molecule has 0 spiro atoms. The number of pyridine rings is 1. The van der Waals surface area contributed by atoms with E-state index in [1.54, 1.807) is 12.1 Å². The number of carbonyl (C=O) groups excluding carboxylic acids is 1. The lowest BCUT2D eigenvalue weighted by atomic mass is 10.2. The highest BCUT2D eigenvalue weighted by atomic mass is 16.5. The number of methoxy groups -OCH3 is 2. The van der Waals surface area contributed by atoms with Crippen LogP contribution in [0.2, 0.25) is 0 Å². The van der Waals surface area contributed by atoms with Crippen LogP contribution in [0.15, 0.2) is 12.1 Å². The molecule has 1 aromatic rings. The molecule has 0 saturated carbocycles. The van der Waals surface area contributed by atoms with Crippen LogP contribution in [0.3, 0.4) is 0 Å². The standard InChI is InChI=1S/C10H14N2O3/c1-12(2)8-6-5-7(10(13)15-4)9(11-8)14-3/h5-6H,1-4H3. The summed E-state index contributed by atoms with van der Waals surface area (Å²) in [5, 5.41) is 0.